The first-order chi connectivity index (χ1) is 4.72. The lowest BCUT2D eigenvalue weighted by Crippen LogP contribution is -2.16. The van der Waals surface area contributed by atoms with Crippen LogP contribution in [0.3, 0.4) is 0 Å². The summed E-state index contributed by atoms with van der Waals surface area (Å²) in [6.45, 7) is 6.13. The molecule has 0 atom stereocenters. The van der Waals surface area contributed by atoms with Crippen LogP contribution in [0.15, 0.2) is 0 Å². The molecule has 0 amide bonds. The van der Waals surface area contributed by atoms with Gasteiger partial charge in [0.1, 0.15) is 13.1 Å². The normalized spacial score (nSPS) is 9.60. The van der Waals surface area contributed by atoms with E-state index in [1.54, 1.807) is 0 Å². The molecule has 0 rings (SSSR count). The zero-order chi connectivity index (χ0) is 7.98. The van der Waals surface area contributed by atoms with Gasteiger partial charge in [-0.05, 0) is 0 Å². The van der Waals surface area contributed by atoms with Gasteiger partial charge in [0, 0.05) is 36.0 Å². The van der Waals surface area contributed by atoms with E-state index in [0.717, 1.165) is 25.9 Å². The second-order valence-electron chi connectivity index (χ2n) is 2.23. The van der Waals surface area contributed by atoms with Crippen LogP contribution in [0.4, 0.5) is 0 Å². The summed E-state index contributed by atoms with van der Waals surface area (Å²) in [6, 6.07) is 0. The fourth-order valence-electron chi connectivity index (χ4n) is 0.821. The minimum Gasteiger partial charge on any atom is -0.210 e. The number of rotatable bonds is 4. The van der Waals surface area contributed by atoms with E-state index >= 15 is 0 Å². The first kappa shape index (κ1) is 10.2. The molecule has 0 heterocycles. The SMILES string of the molecule is CCC[N+](CCC)=C(Cl)Cl. The van der Waals surface area contributed by atoms with Crippen molar-refractivity contribution in [2.75, 3.05) is 13.1 Å². The highest BCUT2D eigenvalue weighted by Crippen LogP contribution is 1.95. The first-order valence-electron chi connectivity index (χ1n) is 3.65. The molecule has 10 heavy (non-hydrogen) atoms. The maximum absolute atomic E-state index is 5.61. The molecule has 0 N–H and O–H groups in total. The zero-order valence-electron chi connectivity index (χ0n) is 6.53. The molecule has 3 heteroatoms. The molecule has 1 nitrogen and oxygen atoms in total. The molecule has 0 saturated heterocycles. The van der Waals surface area contributed by atoms with Gasteiger partial charge in [-0.15, -0.1) is 0 Å². The van der Waals surface area contributed by atoms with Gasteiger partial charge >= 0.3 is 4.63 Å². The standard InChI is InChI=1S/C7H14Cl2N/c1-3-5-10(6-4-2)7(8)9/h3-6H2,1-2H3/q+1. The van der Waals surface area contributed by atoms with Crippen LogP contribution < -0.4 is 0 Å². The summed E-state index contributed by atoms with van der Waals surface area (Å²) >= 11 is 11.2. The highest BCUT2D eigenvalue weighted by Gasteiger charge is 2.05. The highest BCUT2D eigenvalue weighted by atomic mass is 35.5. The molecule has 0 spiro atoms. The Labute approximate surface area is 72.6 Å². The van der Waals surface area contributed by atoms with E-state index in [0.29, 0.717) is 4.63 Å². The van der Waals surface area contributed by atoms with E-state index in [9.17, 15) is 0 Å². The third kappa shape index (κ3) is 4.13. The van der Waals surface area contributed by atoms with Crippen molar-refractivity contribution in [2.24, 2.45) is 0 Å². The van der Waals surface area contributed by atoms with Crippen LogP contribution in [-0.4, -0.2) is 22.3 Å². The van der Waals surface area contributed by atoms with Gasteiger partial charge in [-0.25, -0.2) is 4.58 Å². The van der Waals surface area contributed by atoms with Crippen molar-refractivity contribution in [3.05, 3.63) is 0 Å². The fourth-order valence-corrected chi connectivity index (χ4v) is 1.16. The van der Waals surface area contributed by atoms with Crippen molar-refractivity contribution < 1.29 is 4.58 Å². The largest absolute Gasteiger partial charge is 0.341 e. The van der Waals surface area contributed by atoms with E-state index in [-0.39, 0.29) is 0 Å². The average molecular weight is 183 g/mol. The van der Waals surface area contributed by atoms with Gasteiger partial charge in [0.15, 0.2) is 0 Å². The van der Waals surface area contributed by atoms with Crippen molar-refractivity contribution in [1.29, 1.82) is 0 Å². The monoisotopic (exact) mass is 182 g/mol. The molecular weight excluding hydrogens is 169 g/mol. The van der Waals surface area contributed by atoms with Gasteiger partial charge in [0.2, 0.25) is 0 Å². The van der Waals surface area contributed by atoms with Crippen LogP contribution in [0, 0.1) is 0 Å². The van der Waals surface area contributed by atoms with Crippen LogP contribution in [0.1, 0.15) is 26.7 Å². The molecule has 0 saturated carbocycles. The third-order valence-electron chi connectivity index (χ3n) is 1.23. The van der Waals surface area contributed by atoms with Gasteiger partial charge in [-0.2, -0.15) is 0 Å². The summed E-state index contributed by atoms with van der Waals surface area (Å²) in [4.78, 5) is 0. The summed E-state index contributed by atoms with van der Waals surface area (Å²) in [5.74, 6) is 0. The molecule has 0 aromatic rings. The molecule has 0 unspecified atom stereocenters. The lowest BCUT2D eigenvalue weighted by molar-refractivity contribution is -0.523. The number of hydrogen-bond acceptors (Lipinski definition) is 0. The average Bonchev–Trinajstić information content (AvgIpc) is 1.87. The lowest BCUT2D eigenvalue weighted by Gasteiger charge is -1.98. The van der Waals surface area contributed by atoms with Crippen molar-refractivity contribution in [3.8, 4) is 0 Å². The van der Waals surface area contributed by atoms with Crippen LogP contribution in [0.5, 0.6) is 0 Å². The van der Waals surface area contributed by atoms with E-state index in [1.807, 2.05) is 4.58 Å². The predicted octanol–water partition coefficient (Wildman–Crippen LogP) is 2.65. The van der Waals surface area contributed by atoms with E-state index < -0.39 is 0 Å². The van der Waals surface area contributed by atoms with Crippen LogP contribution in [0.2, 0.25) is 0 Å². The number of nitrogens with zero attached hydrogens (tertiary/aromatic N) is 1. The van der Waals surface area contributed by atoms with Crippen LogP contribution in [-0.2, 0) is 0 Å². The number of hydrogen-bond donors (Lipinski definition) is 0. The van der Waals surface area contributed by atoms with Gasteiger partial charge in [0.05, 0.1) is 0 Å². The Bertz CT molecular complexity index is 109. The van der Waals surface area contributed by atoms with Crippen molar-refractivity contribution in [1.82, 2.24) is 0 Å². The topological polar surface area (TPSA) is 3.01 Å². The van der Waals surface area contributed by atoms with Gasteiger partial charge in [0.25, 0.3) is 0 Å². The third-order valence-corrected chi connectivity index (χ3v) is 1.70. The molecule has 0 fully saturated rings. The van der Waals surface area contributed by atoms with E-state index in [2.05, 4.69) is 13.8 Å². The van der Waals surface area contributed by atoms with E-state index in [4.69, 9.17) is 23.2 Å². The molecule has 0 aromatic carbocycles. The quantitative estimate of drug-likeness (QED) is 0.465. The van der Waals surface area contributed by atoms with Crippen LogP contribution in [0.25, 0.3) is 0 Å². The van der Waals surface area contributed by atoms with Crippen molar-refractivity contribution in [3.63, 3.8) is 0 Å². The second kappa shape index (κ2) is 5.99. The Morgan fingerprint density at radius 3 is 1.70 bits per heavy atom. The molecule has 0 aliphatic rings. The van der Waals surface area contributed by atoms with Gasteiger partial charge < -0.3 is 0 Å². The molecule has 0 aliphatic carbocycles. The molecule has 0 radical (unpaired) electrons. The van der Waals surface area contributed by atoms with Crippen molar-refractivity contribution >= 4 is 27.8 Å². The fraction of sp³-hybridized carbons (Fsp3) is 0.857. The summed E-state index contributed by atoms with van der Waals surface area (Å²) < 4.78 is 2.37. The summed E-state index contributed by atoms with van der Waals surface area (Å²) in [5.41, 5.74) is 0. The maximum Gasteiger partial charge on any atom is 0.341 e. The lowest BCUT2D eigenvalue weighted by atomic mass is 10.4. The Hall–Kier alpha value is 0.250. The Morgan fingerprint density at radius 2 is 1.50 bits per heavy atom. The Balaban J connectivity index is 3.86. The van der Waals surface area contributed by atoms with Gasteiger partial charge in [-0.1, -0.05) is 13.8 Å². The summed E-state index contributed by atoms with van der Waals surface area (Å²) in [7, 11) is 0. The maximum atomic E-state index is 5.61. The van der Waals surface area contributed by atoms with Gasteiger partial charge in [-0.3, -0.25) is 0 Å². The molecule has 0 bridgehead atoms. The predicted molar refractivity (Wildman–Crippen MR) is 47.3 cm³/mol. The molecular formula is C7H14Cl2N+. The van der Waals surface area contributed by atoms with Crippen molar-refractivity contribution in [2.45, 2.75) is 26.7 Å². The summed E-state index contributed by atoms with van der Waals surface area (Å²) in [6.07, 6.45) is 2.17. The minimum absolute atomic E-state index is 0.392. The van der Waals surface area contributed by atoms with E-state index in [1.165, 1.54) is 0 Å². The number of halogens is 2. The smallest absolute Gasteiger partial charge is 0.210 e. The second-order valence-corrected chi connectivity index (χ2v) is 3.14. The minimum atomic E-state index is 0.392. The van der Waals surface area contributed by atoms with Crippen LogP contribution >= 0.6 is 23.2 Å². The molecule has 0 aliphatic heterocycles. The Morgan fingerprint density at radius 1 is 1.10 bits per heavy atom. The molecule has 0 aromatic heterocycles. The zero-order valence-corrected chi connectivity index (χ0v) is 8.04. The molecule has 60 valence electrons. The highest BCUT2D eigenvalue weighted by molar-refractivity contribution is 6.94. The Kier molecular flexibility index (Phi) is 6.14. The summed E-state index contributed by atoms with van der Waals surface area (Å²) in [5, 5.41) is 0. The first-order valence-corrected chi connectivity index (χ1v) is 4.40.